The van der Waals surface area contributed by atoms with E-state index in [1.165, 1.54) is 26.2 Å². The van der Waals surface area contributed by atoms with Crippen LogP contribution >= 0.6 is 11.3 Å². The zero-order valence-electron chi connectivity index (χ0n) is 14.6. The summed E-state index contributed by atoms with van der Waals surface area (Å²) in [4.78, 5) is 15.4. The highest BCUT2D eigenvalue weighted by atomic mass is 32.2. The molecule has 0 spiro atoms. The number of hydrogen-bond acceptors (Lipinski definition) is 5. The van der Waals surface area contributed by atoms with E-state index in [9.17, 15) is 13.2 Å². The molecule has 1 aromatic heterocycles. The van der Waals surface area contributed by atoms with E-state index in [1.54, 1.807) is 23.5 Å². The molecule has 1 aliphatic heterocycles. The number of fused-ring (bicyclic) bond motifs is 1. The van der Waals surface area contributed by atoms with Gasteiger partial charge in [0.05, 0.1) is 11.5 Å². The monoisotopic (exact) mass is 394 g/mol. The minimum Gasteiger partial charge on any atom is -0.395 e. The number of aliphatic hydroxyl groups is 1. The van der Waals surface area contributed by atoms with Crippen LogP contribution in [0, 0.1) is 0 Å². The largest absolute Gasteiger partial charge is 0.395 e. The number of amides is 1. The first-order valence-corrected chi connectivity index (χ1v) is 10.8. The molecular weight excluding hydrogens is 372 g/mol. The lowest BCUT2D eigenvalue weighted by Crippen LogP contribution is -2.36. The van der Waals surface area contributed by atoms with Crippen molar-refractivity contribution in [3.8, 4) is 0 Å². The van der Waals surface area contributed by atoms with Crippen molar-refractivity contribution in [3.05, 3.63) is 51.7 Å². The zero-order valence-corrected chi connectivity index (χ0v) is 16.2. The van der Waals surface area contributed by atoms with Gasteiger partial charge in [0.25, 0.3) is 5.91 Å². The van der Waals surface area contributed by atoms with Crippen molar-refractivity contribution in [3.63, 3.8) is 0 Å². The van der Waals surface area contributed by atoms with Crippen molar-refractivity contribution < 1.29 is 18.3 Å². The van der Waals surface area contributed by atoms with Crippen molar-refractivity contribution in [1.82, 2.24) is 9.21 Å². The zero-order chi connectivity index (χ0) is 18.7. The Labute approximate surface area is 157 Å². The number of carbonyl (C=O) groups is 1. The fourth-order valence-electron chi connectivity index (χ4n) is 3.07. The highest BCUT2D eigenvalue weighted by Gasteiger charge is 2.29. The number of carbonyl (C=O) groups excluding carboxylic acids is 1. The second-order valence-corrected chi connectivity index (χ2v) is 9.03. The number of thiophene rings is 1. The third kappa shape index (κ3) is 3.68. The normalized spacial score (nSPS) is 14.8. The number of likely N-dealkylation sites (N-methyl/N-ethyl adjacent to an activating group) is 1. The van der Waals surface area contributed by atoms with E-state index in [2.05, 4.69) is 0 Å². The van der Waals surface area contributed by atoms with Crippen LogP contribution in [-0.2, 0) is 23.0 Å². The van der Waals surface area contributed by atoms with E-state index in [-0.39, 0.29) is 24.0 Å². The van der Waals surface area contributed by atoms with E-state index in [4.69, 9.17) is 5.11 Å². The van der Waals surface area contributed by atoms with Crippen LogP contribution in [0.25, 0.3) is 0 Å². The molecule has 1 aromatic carbocycles. The molecule has 2 aromatic rings. The average molecular weight is 395 g/mol. The molecule has 0 saturated carbocycles. The van der Waals surface area contributed by atoms with Gasteiger partial charge in [0.2, 0.25) is 10.0 Å². The van der Waals surface area contributed by atoms with Gasteiger partial charge >= 0.3 is 0 Å². The van der Waals surface area contributed by atoms with Crippen LogP contribution in [0.5, 0.6) is 0 Å². The first kappa shape index (κ1) is 19.0. The topological polar surface area (TPSA) is 77.9 Å². The molecule has 0 aliphatic carbocycles. The third-order valence-corrected chi connectivity index (χ3v) is 7.39. The summed E-state index contributed by atoms with van der Waals surface area (Å²) < 4.78 is 27.5. The molecule has 0 radical (unpaired) electrons. The molecule has 0 unspecified atom stereocenters. The predicted molar refractivity (Wildman–Crippen MR) is 101 cm³/mol. The molecule has 26 heavy (non-hydrogen) atoms. The Kier molecular flexibility index (Phi) is 5.76. The predicted octanol–water partition coefficient (Wildman–Crippen LogP) is 1.95. The number of benzene rings is 1. The number of sulfonamides is 1. The second kappa shape index (κ2) is 7.87. The maximum absolute atomic E-state index is 13.0. The van der Waals surface area contributed by atoms with Crippen molar-refractivity contribution in [2.24, 2.45) is 0 Å². The van der Waals surface area contributed by atoms with Gasteiger partial charge < -0.3 is 10.0 Å². The van der Waals surface area contributed by atoms with Crippen LogP contribution in [0.2, 0.25) is 0 Å². The van der Waals surface area contributed by atoms with Crippen LogP contribution < -0.4 is 0 Å². The van der Waals surface area contributed by atoms with Gasteiger partial charge in [0.1, 0.15) is 0 Å². The molecule has 0 fully saturated rings. The fourth-order valence-corrected chi connectivity index (χ4v) is 5.43. The van der Waals surface area contributed by atoms with Crippen molar-refractivity contribution in [2.75, 3.05) is 26.2 Å². The molecule has 140 valence electrons. The molecule has 3 rings (SSSR count). The van der Waals surface area contributed by atoms with E-state index in [0.29, 0.717) is 31.6 Å². The Balaban J connectivity index is 1.86. The Morgan fingerprint density at radius 1 is 1.35 bits per heavy atom. The molecule has 2 heterocycles. The molecule has 8 heteroatoms. The fraction of sp³-hybridized carbons (Fsp3) is 0.389. The van der Waals surface area contributed by atoms with E-state index >= 15 is 0 Å². The minimum absolute atomic E-state index is 0.127. The summed E-state index contributed by atoms with van der Waals surface area (Å²) in [6.45, 7) is 3.17. The highest BCUT2D eigenvalue weighted by molar-refractivity contribution is 7.89. The summed E-state index contributed by atoms with van der Waals surface area (Å²) in [5, 5.41) is 11.1. The average Bonchev–Trinajstić information content (AvgIpc) is 3.13. The van der Waals surface area contributed by atoms with Crippen LogP contribution in [0.3, 0.4) is 0 Å². The Morgan fingerprint density at radius 2 is 2.15 bits per heavy atom. The SMILES string of the molecule is CCN(CCO)C(=O)c1cccc(S(=O)(=O)N2CCc3sccc3C2)c1. The lowest BCUT2D eigenvalue weighted by atomic mass is 10.1. The number of hydrogen-bond donors (Lipinski definition) is 1. The van der Waals surface area contributed by atoms with Crippen LogP contribution in [0.1, 0.15) is 27.7 Å². The van der Waals surface area contributed by atoms with Crippen molar-refractivity contribution in [1.29, 1.82) is 0 Å². The Hall–Kier alpha value is -1.74. The maximum atomic E-state index is 13.0. The lowest BCUT2D eigenvalue weighted by Gasteiger charge is -2.26. The standard InChI is InChI=1S/C18H22N2O4S2/c1-2-19(9-10-21)18(22)14-4-3-5-16(12-14)26(23,24)20-8-6-17-15(13-20)7-11-25-17/h3-5,7,11-12,21H,2,6,8-10,13H2,1H3. The first-order chi connectivity index (χ1) is 12.5. The number of aliphatic hydroxyl groups excluding tert-OH is 1. The molecule has 0 saturated heterocycles. The molecule has 1 aliphatic rings. The summed E-state index contributed by atoms with van der Waals surface area (Å²) in [6.07, 6.45) is 0.713. The Bertz CT molecular complexity index is 892. The molecule has 6 nitrogen and oxygen atoms in total. The van der Waals surface area contributed by atoms with Crippen LogP contribution in [0.4, 0.5) is 0 Å². The van der Waals surface area contributed by atoms with Gasteiger partial charge in [-0.2, -0.15) is 4.31 Å². The van der Waals surface area contributed by atoms with Crippen molar-refractivity contribution >= 4 is 27.3 Å². The van der Waals surface area contributed by atoms with Gasteiger partial charge in [-0.15, -0.1) is 11.3 Å². The smallest absolute Gasteiger partial charge is 0.253 e. The summed E-state index contributed by atoms with van der Waals surface area (Å²) in [5.41, 5.74) is 1.37. The van der Waals surface area contributed by atoms with E-state index in [0.717, 1.165) is 5.56 Å². The first-order valence-electron chi connectivity index (χ1n) is 8.53. The Morgan fingerprint density at radius 3 is 2.88 bits per heavy atom. The summed E-state index contributed by atoms with van der Waals surface area (Å²) in [7, 11) is -3.67. The van der Waals surface area contributed by atoms with Gasteiger partial charge in [0.15, 0.2) is 0 Å². The number of rotatable bonds is 6. The summed E-state index contributed by atoms with van der Waals surface area (Å²) >= 11 is 1.66. The van der Waals surface area contributed by atoms with Gasteiger partial charge in [-0.25, -0.2) is 8.42 Å². The third-order valence-electron chi connectivity index (χ3n) is 4.53. The molecule has 1 amide bonds. The van der Waals surface area contributed by atoms with Gasteiger partial charge in [-0.1, -0.05) is 6.07 Å². The van der Waals surface area contributed by atoms with Gasteiger partial charge in [0, 0.05) is 36.6 Å². The lowest BCUT2D eigenvalue weighted by molar-refractivity contribution is 0.0731. The summed E-state index contributed by atoms with van der Waals surface area (Å²) in [5.74, 6) is -0.280. The van der Waals surface area contributed by atoms with Crippen LogP contribution in [0.15, 0.2) is 40.6 Å². The second-order valence-electron chi connectivity index (χ2n) is 6.09. The maximum Gasteiger partial charge on any atom is 0.253 e. The van der Waals surface area contributed by atoms with Gasteiger partial charge in [-0.3, -0.25) is 4.79 Å². The van der Waals surface area contributed by atoms with Gasteiger partial charge in [-0.05, 0) is 48.6 Å². The minimum atomic E-state index is -3.67. The molecule has 0 atom stereocenters. The van der Waals surface area contributed by atoms with E-state index in [1.807, 2.05) is 18.4 Å². The van der Waals surface area contributed by atoms with Crippen molar-refractivity contribution in [2.45, 2.75) is 24.8 Å². The highest BCUT2D eigenvalue weighted by Crippen LogP contribution is 2.28. The molecular formula is C18H22N2O4S2. The molecule has 1 N–H and O–H groups in total. The summed E-state index contributed by atoms with van der Waals surface area (Å²) in [6, 6.07) is 8.12. The van der Waals surface area contributed by atoms with Crippen LogP contribution in [-0.4, -0.2) is 54.9 Å². The van der Waals surface area contributed by atoms with E-state index < -0.39 is 10.0 Å². The quantitative estimate of drug-likeness (QED) is 0.812. The number of nitrogens with zero attached hydrogens (tertiary/aromatic N) is 2. The molecule has 0 bridgehead atoms.